The van der Waals surface area contributed by atoms with E-state index >= 15 is 0 Å². The predicted molar refractivity (Wildman–Crippen MR) is 107 cm³/mol. The molecule has 7 nitrogen and oxygen atoms in total. The number of aromatic nitrogens is 2. The van der Waals surface area contributed by atoms with Crippen LogP contribution in [0.15, 0.2) is 53.3 Å². The summed E-state index contributed by atoms with van der Waals surface area (Å²) in [4.78, 5) is 34.0. The van der Waals surface area contributed by atoms with Crippen LogP contribution in [-0.2, 0) is 4.79 Å². The minimum absolute atomic E-state index is 0.0413. The van der Waals surface area contributed by atoms with Crippen LogP contribution in [0.1, 0.15) is 6.92 Å². The van der Waals surface area contributed by atoms with E-state index in [-0.39, 0.29) is 17.6 Å². The molecule has 0 saturated carbocycles. The number of hydrogen-bond donors (Lipinski definition) is 3. The maximum absolute atomic E-state index is 12.7. The van der Waals surface area contributed by atoms with Crippen LogP contribution in [0.4, 0.5) is 11.4 Å². The molecule has 1 fully saturated rings. The van der Waals surface area contributed by atoms with Gasteiger partial charge < -0.3 is 20.2 Å². The van der Waals surface area contributed by atoms with Crippen molar-refractivity contribution < 1.29 is 4.79 Å². The molecule has 1 aliphatic heterocycles. The Morgan fingerprint density at radius 3 is 2.44 bits per heavy atom. The maximum atomic E-state index is 12.7. The zero-order valence-corrected chi connectivity index (χ0v) is 15.2. The van der Waals surface area contributed by atoms with Gasteiger partial charge in [-0.25, -0.2) is 4.79 Å². The van der Waals surface area contributed by atoms with Gasteiger partial charge in [0.15, 0.2) is 0 Å². The molecule has 0 radical (unpaired) electrons. The molecule has 27 heavy (non-hydrogen) atoms. The van der Waals surface area contributed by atoms with Crippen LogP contribution in [0, 0.1) is 0 Å². The van der Waals surface area contributed by atoms with Crippen LogP contribution in [0.25, 0.3) is 11.0 Å². The van der Waals surface area contributed by atoms with E-state index in [4.69, 9.17) is 0 Å². The average Bonchev–Trinajstić information content (AvgIpc) is 3.07. The number of amides is 1. The van der Waals surface area contributed by atoms with E-state index in [1.54, 1.807) is 18.2 Å². The van der Waals surface area contributed by atoms with Crippen molar-refractivity contribution in [2.24, 2.45) is 0 Å². The molecule has 2 heterocycles. The normalized spacial score (nSPS) is 16.4. The molecule has 7 heteroatoms. The Hall–Kier alpha value is -3.06. The number of hydrogen-bond acceptors (Lipinski definition) is 4. The smallest absolute Gasteiger partial charge is 0.323 e. The highest BCUT2D eigenvalue weighted by atomic mass is 16.2. The summed E-state index contributed by atoms with van der Waals surface area (Å²) in [5, 5.41) is 2.95. The largest absolute Gasteiger partial charge is 0.369 e. The number of nitrogens with zero attached hydrogens (tertiary/aromatic N) is 2. The first kappa shape index (κ1) is 17.4. The van der Waals surface area contributed by atoms with Gasteiger partial charge in [0.1, 0.15) is 0 Å². The third-order valence-electron chi connectivity index (χ3n) is 5.15. The van der Waals surface area contributed by atoms with Gasteiger partial charge in [-0.15, -0.1) is 0 Å². The summed E-state index contributed by atoms with van der Waals surface area (Å²) in [6.07, 6.45) is 0. The minimum Gasteiger partial charge on any atom is -0.369 e. The Balaban J connectivity index is 1.37. The van der Waals surface area contributed by atoms with Crippen LogP contribution in [-0.4, -0.2) is 53.0 Å². The number of para-hydroxylation sites is 1. The van der Waals surface area contributed by atoms with Gasteiger partial charge in [-0.2, -0.15) is 0 Å². The fourth-order valence-electron chi connectivity index (χ4n) is 3.53. The quantitative estimate of drug-likeness (QED) is 0.660. The number of benzene rings is 2. The van der Waals surface area contributed by atoms with E-state index in [2.05, 4.69) is 37.2 Å². The first-order valence-electron chi connectivity index (χ1n) is 9.17. The minimum atomic E-state index is -0.252. The summed E-state index contributed by atoms with van der Waals surface area (Å²) in [6, 6.07) is 15.5. The Labute approximate surface area is 157 Å². The number of carbonyl (C=O) groups is 1. The van der Waals surface area contributed by atoms with Crippen molar-refractivity contribution in [2.75, 3.05) is 36.4 Å². The molecular formula is C20H23N5O2. The summed E-state index contributed by atoms with van der Waals surface area (Å²) in [5.74, 6) is -0.0413. The second-order valence-corrected chi connectivity index (χ2v) is 6.86. The molecular weight excluding hydrogens is 342 g/mol. The molecule has 0 unspecified atom stereocenters. The van der Waals surface area contributed by atoms with Gasteiger partial charge in [-0.3, -0.25) is 9.69 Å². The zero-order chi connectivity index (χ0) is 18.8. The van der Waals surface area contributed by atoms with Gasteiger partial charge in [0.2, 0.25) is 5.91 Å². The molecule has 1 aliphatic rings. The van der Waals surface area contributed by atoms with Gasteiger partial charge >= 0.3 is 5.69 Å². The van der Waals surface area contributed by atoms with E-state index < -0.39 is 0 Å². The lowest BCUT2D eigenvalue weighted by Crippen LogP contribution is -2.52. The number of H-pyrrole nitrogens is 2. The van der Waals surface area contributed by atoms with Gasteiger partial charge in [-0.05, 0) is 37.3 Å². The lowest BCUT2D eigenvalue weighted by molar-refractivity contribution is -0.120. The van der Waals surface area contributed by atoms with Crippen molar-refractivity contribution >= 4 is 28.3 Å². The monoisotopic (exact) mass is 365 g/mol. The van der Waals surface area contributed by atoms with E-state index in [9.17, 15) is 9.59 Å². The van der Waals surface area contributed by atoms with Crippen molar-refractivity contribution in [3.8, 4) is 0 Å². The molecule has 4 rings (SSSR count). The molecule has 0 aliphatic carbocycles. The number of imidazole rings is 1. The number of piperazine rings is 1. The van der Waals surface area contributed by atoms with E-state index in [0.717, 1.165) is 31.7 Å². The third kappa shape index (κ3) is 3.73. The molecule has 1 aromatic heterocycles. The fourth-order valence-corrected chi connectivity index (χ4v) is 3.53. The molecule has 1 saturated heterocycles. The molecule has 2 aromatic carbocycles. The number of rotatable bonds is 4. The summed E-state index contributed by atoms with van der Waals surface area (Å²) in [5.41, 5.74) is 3.06. The van der Waals surface area contributed by atoms with Crippen LogP contribution < -0.4 is 15.9 Å². The van der Waals surface area contributed by atoms with Crippen molar-refractivity contribution in [3.05, 3.63) is 59.0 Å². The van der Waals surface area contributed by atoms with E-state index in [1.807, 2.05) is 25.1 Å². The Kier molecular flexibility index (Phi) is 4.68. The SMILES string of the molecule is C[C@@H](C(=O)Nc1ccc2[nH]c(=O)[nH]c2c1)N1CCN(c2ccccc2)CC1. The summed E-state index contributed by atoms with van der Waals surface area (Å²) in [6.45, 7) is 5.42. The van der Waals surface area contributed by atoms with Crippen molar-refractivity contribution in [1.29, 1.82) is 0 Å². The van der Waals surface area contributed by atoms with Crippen molar-refractivity contribution in [2.45, 2.75) is 13.0 Å². The number of nitrogens with one attached hydrogen (secondary N) is 3. The van der Waals surface area contributed by atoms with Crippen LogP contribution >= 0.6 is 0 Å². The van der Waals surface area contributed by atoms with Crippen LogP contribution in [0.5, 0.6) is 0 Å². The topological polar surface area (TPSA) is 84.2 Å². The van der Waals surface area contributed by atoms with Crippen LogP contribution in [0.3, 0.4) is 0 Å². The Morgan fingerprint density at radius 1 is 1.00 bits per heavy atom. The number of anilines is 2. The number of aromatic amines is 2. The fraction of sp³-hybridized carbons (Fsp3) is 0.300. The van der Waals surface area contributed by atoms with Gasteiger partial charge in [0.05, 0.1) is 17.1 Å². The molecule has 3 N–H and O–H groups in total. The lowest BCUT2D eigenvalue weighted by atomic mass is 10.2. The van der Waals surface area contributed by atoms with Crippen molar-refractivity contribution in [3.63, 3.8) is 0 Å². The molecule has 3 aromatic rings. The second-order valence-electron chi connectivity index (χ2n) is 6.86. The predicted octanol–water partition coefficient (Wildman–Crippen LogP) is 2.01. The molecule has 0 spiro atoms. The molecule has 140 valence electrons. The number of fused-ring (bicyclic) bond motifs is 1. The average molecular weight is 365 g/mol. The standard InChI is InChI=1S/C20H23N5O2/c1-14(24-9-11-25(12-10-24)16-5-3-2-4-6-16)19(26)21-15-7-8-17-18(13-15)23-20(27)22-17/h2-8,13-14H,9-12H2,1H3,(H,21,26)(H2,22,23,27)/t14-/m0/s1. The highest BCUT2D eigenvalue weighted by molar-refractivity contribution is 5.96. The lowest BCUT2D eigenvalue weighted by Gasteiger charge is -2.38. The molecule has 1 amide bonds. The third-order valence-corrected chi connectivity index (χ3v) is 5.15. The first-order valence-corrected chi connectivity index (χ1v) is 9.17. The van der Waals surface area contributed by atoms with E-state index in [1.165, 1.54) is 5.69 Å². The number of carbonyl (C=O) groups excluding carboxylic acids is 1. The van der Waals surface area contributed by atoms with Gasteiger partial charge in [-0.1, -0.05) is 18.2 Å². The van der Waals surface area contributed by atoms with Crippen LogP contribution in [0.2, 0.25) is 0 Å². The first-order chi connectivity index (χ1) is 13.1. The Morgan fingerprint density at radius 2 is 1.70 bits per heavy atom. The highest BCUT2D eigenvalue weighted by Crippen LogP contribution is 2.18. The van der Waals surface area contributed by atoms with Gasteiger partial charge in [0.25, 0.3) is 0 Å². The van der Waals surface area contributed by atoms with Crippen molar-refractivity contribution in [1.82, 2.24) is 14.9 Å². The van der Waals surface area contributed by atoms with Gasteiger partial charge in [0, 0.05) is 37.6 Å². The maximum Gasteiger partial charge on any atom is 0.323 e. The highest BCUT2D eigenvalue weighted by Gasteiger charge is 2.25. The summed E-state index contributed by atoms with van der Waals surface area (Å²) >= 11 is 0. The Bertz CT molecular complexity index is 986. The molecule has 1 atom stereocenters. The van der Waals surface area contributed by atoms with E-state index in [0.29, 0.717) is 11.2 Å². The second kappa shape index (κ2) is 7.28. The summed E-state index contributed by atoms with van der Waals surface area (Å²) < 4.78 is 0. The zero-order valence-electron chi connectivity index (χ0n) is 15.2. The molecule has 0 bridgehead atoms. The summed E-state index contributed by atoms with van der Waals surface area (Å²) in [7, 11) is 0.